The van der Waals surface area contributed by atoms with Gasteiger partial charge < -0.3 is 9.05 Å². The summed E-state index contributed by atoms with van der Waals surface area (Å²) in [5.74, 6) is 1.92. The lowest BCUT2D eigenvalue weighted by Crippen LogP contribution is -1.82. The molecule has 0 N–H and O–H groups in total. The summed E-state index contributed by atoms with van der Waals surface area (Å²) in [6.07, 6.45) is 1.95. The highest BCUT2D eigenvalue weighted by molar-refractivity contribution is 5.73. The molecule has 6 rings (SSSR count). The van der Waals surface area contributed by atoms with Gasteiger partial charge in [-0.25, -0.2) is 0 Å². The second-order valence-electron chi connectivity index (χ2n) is 6.81. The highest BCUT2D eigenvalue weighted by atomic mass is 16.5. The number of nitrogens with zero attached hydrogens (tertiary/aromatic N) is 2. The van der Waals surface area contributed by atoms with Gasteiger partial charge in [0.15, 0.2) is 5.76 Å². The molecule has 4 heteroatoms. The molecule has 2 heterocycles. The summed E-state index contributed by atoms with van der Waals surface area (Å²) in [4.78, 5) is 0. The number of benzene rings is 2. The first-order valence-electron chi connectivity index (χ1n) is 8.79. The van der Waals surface area contributed by atoms with Crippen molar-refractivity contribution >= 4 is 0 Å². The van der Waals surface area contributed by atoms with Crippen LogP contribution in [0.25, 0.3) is 22.6 Å². The van der Waals surface area contributed by atoms with Crippen LogP contribution >= 0.6 is 0 Å². The topological polar surface area (TPSA) is 52.1 Å². The Hall–Kier alpha value is -3.14. The van der Waals surface area contributed by atoms with Crippen LogP contribution in [-0.2, 0) is 12.8 Å². The molecule has 2 aliphatic rings. The number of fused-ring (bicyclic) bond motifs is 6. The van der Waals surface area contributed by atoms with E-state index in [9.17, 15) is 0 Å². The van der Waals surface area contributed by atoms with Gasteiger partial charge in [0.1, 0.15) is 11.5 Å². The smallest absolute Gasteiger partial charge is 0.170 e. The van der Waals surface area contributed by atoms with Crippen molar-refractivity contribution in [2.75, 3.05) is 0 Å². The lowest BCUT2D eigenvalue weighted by Gasteiger charge is -1.95. The molecule has 0 atom stereocenters. The lowest BCUT2D eigenvalue weighted by molar-refractivity contribution is 0.397. The highest BCUT2D eigenvalue weighted by Gasteiger charge is 2.25. The van der Waals surface area contributed by atoms with Crippen molar-refractivity contribution in [2.24, 2.45) is 0 Å². The second-order valence-corrected chi connectivity index (χ2v) is 6.81. The van der Waals surface area contributed by atoms with Crippen molar-refractivity contribution in [3.05, 3.63) is 82.2 Å². The maximum atomic E-state index is 5.28. The number of rotatable bonds is 0. The molecule has 0 amide bonds. The average molecular weight is 342 g/mol. The fourth-order valence-corrected chi connectivity index (χ4v) is 3.80. The SMILES string of the molecule is Cc1noc2c1Cc1ccccc1-2.Cc1onc2c1Cc1ccccc1-2. The van der Waals surface area contributed by atoms with E-state index in [2.05, 4.69) is 46.7 Å². The van der Waals surface area contributed by atoms with Crippen LogP contribution in [0.1, 0.15) is 33.7 Å². The van der Waals surface area contributed by atoms with E-state index in [1.165, 1.54) is 33.4 Å². The zero-order valence-electron chi connectivity index (χ0n) is 14.7. The van der Waals surface area contributed by atoms with Crippen molar-refractivity contribution in [3.8, 4) is 22.6 Å². The molecule has 2 aliphatic carbocycles. The second kappa shape index (κ2) is 5.70. The molecule has 2 aromatic carbocycles. The van der Waals surface area contributed by atoms with Crippen LogP contribution in [0.2, 0.25) is 0 Å². The third-order valence-electron chi connectivity index (χ3n) is 5.24. The van der Waals surface area contributed by atoms with Crippen molar-refractivity contribution in [1.82, 2.24) is 10.3 Å². The molecule has 0 saturated carbocycles. The summed E-state index contributed by atoms with van der Waals surface area (Å²) in [7, 11) is 0. The maximum absolute atomic E-state index is 5.28. The van der Waals surface area contributed by atoms with E-state index >= 15 is 0 Å². The van der Waals surface area contributed by atoms with Crippen molar-refractivity contribution in [2.45, 2.75) is 26.7 Å². The van der Waals surface area contributed by atoms with Crippen LogP contribution in [0.3, 0.4) is 0 Å². The summed E-state index contributed by atoms with van der Waals surface area (Å²) < 4.78 is 10.4. The van der Waals surface area contributed by atoms with Gasteiger partial charge in [-0.05, 0) is 25.0 Å². The molecule has 0 unspecified atom stereocenters. The molecule has 0 spiro atoms. The van der Waals surface area contributed by atoms with Gasteiger partial charge in [-0.3, -0.25) is 0 Å². The molecular formula is C22H18N2O2. The molecule has 26 heavy (non-hydrogen) atoms. The van der Waals surface area contributed by atoms with Gasteiger partial charge in [-0.1, -0.05) is 58.8 Å². The number of hydrogen-bond acceptors (Lipinski definition) is 4. The lowest BCUT2D eigenvalue weighted by atomic mass is 10.1. The third-order valence-corrected chi connectivity index (χ3v) is 5.24. The zero-order chi connectivity index (χ0) is 17.7. The predicted octanol–water partition coefficient (Wildman–Crippen LogP) is 5.11. The fraction of sp³-hybridized carbons (Fsp3) is 0.182. The Bertz CT molecular complexity index is 1030. The summed E-state index contributed by atoms with van der Waals surface area (Å²) in [5.41, 5.74) is 9.70. The predicted molar refractivity (Wildman–Crippen MR) is 99.0 cm³/mol. The molecule has 0 bridgehead atoms. The highest BCUT2D eigenvalue weighted by Crippen LogP contribution is 2.38. The Kier molecular flexibility index (Phi) is 3.32. The quantitative estimate of drug-likeness (QED) is 0.385. The minimum absolute atomic E-state index is 0.950. The monoisotopic (exact) mass is 342 g/mol. The first kappa shape index (κ1) is 15.1. The van der Waals surface area contributed by atoms with Gasteiger partial charge in [-0.15, -0.1) is 0 Å². The first-order valence-corrected chi connectivity index (χ1v) is 8.79. The van der Waals surface area contributed by atoms with Crippen molar-refractivity contribution in [3.63, 3.8) is 0 Å². The van der Waals surface area contributed by atoms with E-state index in [4.69, 9.17) is 9.05 Å². The van der Waals surface area contributed by atoms with Crippen molar-refractivity contribution in [1.29, 1.82) is 0 Å². The van der Waals surface area contributed by atoms with Gasteiger partial charge in [0.2, 0.25) is 0 Å². The summed E-state index contributed by atoms with van der Waals surface area (Å²) in [6, 6.07) is 16.7. The molecule has 0 aliphatic heterocycles. The summed E-state index contributed by atoms with van der Waals surface area (Å²) in [6.45, 7) is 3.96. The fourth-order valence-electron chi connectivity index (χ4n) is 3.80. The summed E-state index contributed by atoms with van der Waals surface area (Å²) in [5, 5.41) is 8.02. The molecular weight excluding hydrogens is 324 g/mol. The van der Waals surface area contributed by atoms with E-state index in [1.807, 2.05) is 26.0 Å². The van der Waals surface area contributed by atoms with E-state index in [0.29, 0.717) is 0 Å². The van der Waals surface area contributed by atoms with Gasteiger partial charge >= 0.3 is 0 Å². The average Bonchev–Trinajstić information content (AvgIpc) is 3.39. The summed E-state index contributed by atoms with van der Waals surface area (Å²) >= 11 is 0. The van der Waals surface area contributed by atoms with Crippen LogP contribution in [0, 0.1) is 13.8 Å². The number of aryl methyl sites for hydroxylation is 2. The van der Waals surface area contributed by atoms with Crippen LogP contribution in [0.5, 0.6) is 0 Å². The van der Waals surface area contributed by atoms with Gasteiger partial charge in [-0.2, -0.15) is 0 Å². The molecule has 4 nitrogen and oxygen atoms in total. The van der Waals surface area contributed by atoms with E-state index < -0.39 is 0 Å². The Morgan fingerprint density at radius 1 is 0.731 bits per heavy atom. The Balaban J connectivity index is 0.000000115. The molecule has 0 radical (unpaired) electrons. The van der Waals surface area contributed by atoms with Crippen LogP contribution < -0.4 is 0 Å². The number of hydrogen-bond donors (Lipinski definition) is 0. The van der Waals surface area contributed by atoms with Gasteiger partial charge in [0.05, 0.1) is 5.69 Å². The normalized spacial score (nSPS) is 12.7. The third kappa shape index (κ3) is 2.22. The van der Waals surface area contributed by atoms with E-state index in [0.717, 1.165) is 35.7 Å². The van der Waals surface area contributed by atoms with Crippen LogP contribution in [0.4, 0.5) is 0 Å². The van der Waals surface area contributed by atoms with Crippen LogP contribution in [-0.4, -0.2) is 10.3 Å². The van der Waals surface area contributed by atoms with E-state index in [-0.39, 0.29) is 0 Å². The maximum Gasteiger partial charge on any atom is 0.170 e. The molecule has 0 saturated heterocycles. The standard InChI is InChI=1S/2C11H9NO/c1-7-10-6-8-4-2-3-5-9(8)11(10)12-13-7;1-7-10-6-8-4-2-3-5-9(8)11(10)13-12-7/h2*2-5H,6H2,1H3. The first-order chi connectivity index (χ1) is 12.7. The number of aromatic nitrogens is 2. The molecule has 0 fully saturated rings. The van der Waals surface area contributed by atoms with Crippen LogP contribution in [0.15, 0.2) is 57.6 Å². The minimum atomic E-state index is 0.950. The van der Waals surface area contributed by atoms with Crippen molar-refractivity contribution < 1.29 is 9.05 Å². The zero-order valence-corrected chi connectivity index (χ0v) is 14.7. The largest absolute Gasteiger partial charge is 0.361 e. The molecule has 2 aromatic heterocycles. The molecule has 4 aromatic rings. The van der Waals surface area contributed by atoms with Gasteiger partial charge in [0, 0.05) is 35.1 Å². The van der Waals surface area contributed by atoms with Gasteiger partial charge in [0.25, 0.3) is 0 Å². The Labute approximate surface area is 151 Å². The Morgan fingerprint density at radius 3 is 2.19 bits per heavy atom. The minimum Gasteiger partial charge on any atom is -0.361 e. The van der Waals surface area contributed by atoms with E-state index in [1.54, 1.807) is 0 Å². The molecule has 128 valence electrons. The Morgan fingerprint density at radius 2 is 1.38 bits per heavy atom.